The van der Waals surface area contributed by atoms with Gasteiger partial charge in [-0.15, -0.1) is 0 Å². The molecule has 0 N–H and O–H groups in total. The van der Waals surface area contributed by atoms with Crippen molar-refractivity contribution in [2.24, 2.45) is 0 Å². The quantitative estimate of drug-likeness (QED) is 0.740. The minimum atomic E-state index is 0.660. The van der Waals surface area contributed by atoms with Gasteiger partial charge in [-0.1, -0.05) is 12.1 Å². The fourth-order valence-corrected chi connectivity index (χ4v) is 2.27. The van der Waals surface area contributed by atoms with Crippen LogP contribution in [0.5, 0.6) is 0 Å². The van der Waals surface area contributed by atoms with Crippen LogP contribution in [-0.2, 0) is 13.1 Å². The number of hydrogen-bond acceptors (Lipinski definition) is 3. The zero-order chi connectivity index (χ0) is 11.8. The Morgan fingerprint density at radius 2 is 2.12 bits per heavy atom. The zero-order valence-corrected chi connectivity index (χ0v) is 9.59. The standard InChI is InChI=1S/C13H12N4/c1-16-8-11-7-15-17(13(11)9-16)12-5-3-2-4-10(12)6-14/h2-5,7H,8-9H2,1H3. The summed E-state index contributed by atoms with van der Waals surface area (Å²) >= 11 is 0. The molecule has 0 fully saturated rings. The molecule has 2 heterocycles. The van der Waals surface area contributed by atoms with Crippen LogP contribution >= 0.6 is 0 Å². The Bertz CT molecular complexity index is 606. The van der Waals surface area contributed by atoms with Gasteiger partial charge in [0, 0.05) is 18.7 Å². The molecule has 1 aromatic carbocycles. The molecule has 1 aliphatic rings. The van der Waals surface area contributed by atoms with Crippen LogP contribution in [0.1, 0.15) is 16.8 Å². The Labute approximate surface area is 99.7 Å². The lowest BCUT2D eigenvalue weighted by Crippen LogP contribution is -2.11. The number of nitrogens with zero attached hydrogens (tertiary/aromatic N) is 4. The third-order valence-electron chi connectivity index (χ3n) is 3.07. The van der Waals surface area contributed by atoms with Crippen molar-refractivity contribution in [1.29, 1.82) is 5.26 Å². The van der Waals surface area contributed by atoms with E-state index in [9.17, 15) is 0 Å². The molecule has 2 aromatic rings. The van der Waals surface area contributed by atoms with Crippen molar-refractivity contribution in [3.8, 4) is 11.8 Å². The van der Waals surface area contributed by atoms with Crippen molar-refractivity contribution in [3.05, 3.63) is 47.3 Å². The molecule has 84 valence electrons. The highest BCUT2D eigenvalue weighted by atomic mass is 15.3. The monoisotopic (exact) mass is 224 g/mol. The minimum absolute atomic E-state index is 0.660. The molecule has 0 amide bonds. The fraction of sp³-hybridized carbons (Fsp3) is 0.231. The number of hydrogen-bond donors (Lipinski definition) is 0. The highest BCUT2D eigenvalue weighted by Gasteiger charge is 2.22. The van der Waals surface area contributed by atoms with Gasteiger partial charge in [-0.3, -0.25) is 4.90 Å². The van der Waals surface area contributed by atoms with Gasteiger partial charge in [-0.25, -0.2) is 4.68 Å². The maximum absolute atomic E-state index is 9.12. The average molecular weight is 224 g/mol. The maximum atomic E-state index is 9.12. The van der Waals surface area contributed by atoms with Crippen molar-refractivity contribution < 1.29 is 0 Å². The molecular formula is C13H12N4. The van der Waals surface area contributed by atoms with E-state index >= 15 is 0 Å². The van der Waals surface area contributed by atoms with Gasteiger partial charge in [0.25, 0.3) is 0 Å². The molecular weight excluding hydrogens is 212 g/mol. The summed E-state index contributed by atoms with van der Waals surface area (Å²) in [6, 6.07) is 9.77. The van der Waals surface area contributed by atoms with Crippen molar-refractivity contribution in [3.63, 3.8) is 0 Å². The number of aromatic nitrogens is 2. The van der Waals surface area contributed by atoms with Crippen LogP contribution < -0.4 is 0 Å². The molecule has 0 saturated heterocycles. The first kappa shape index (κ1) is 10.1. The molecule has 0 spiro atoms. The Morgan fingerprint density at radius 3 is 2.94 bits per heavy atom. The lowest BCUT2D eigenvalue weighted by molar-refractivity contribution is 0.346. The van der Waals surface area contributed by atoms with E-state index in [0.29, 0.717) is 5.56 Å². The third-order valence-corrected chi connectivity index (χ3v) is 3.07. The largest absolute Gasteiger partial charge is 0.296 e. The number of nitriles is 1. The van der Waals surface area contributed by atoms with Crippen molar-refractivity contribution in [2.75, 3.05) is 7.05 Å². The number of fused-ring (bicyclic) bond motifs is 1. The van der Waals surface area contributed by atoms with Crippen LogP contribution in [0.3, 0.4) is 0 Å². The van der Waals surface area contributed by atoms with Gasteiger partial charge in [0.1, 0.15) is 6.07 Å². The van der Waals surface area contributed by atoms with E-state index in [2.05, 4.69) is 23.1 Å². The van der Waals surface area contributed by atoms with Crippen LogP contribution in [0, 0.1) is 11.3 Å². The lowest BCUT2D eigenvalue weighted by Gasteiger charge is -2.09. The third kappa shape index (κ3) is 1.52. The van der Waals surface area contributed by atoms with Gasteiger partial charge in [-0.2, -0.15) is 10.4 Å². The summed E-state index contributed by atoms with van der Waals surface area (Å²) in [5.41, 5.74) is 3.97. The van der Waals surface area contributed by atoms with Crippen LogP contribution in [0.15, 0.2) is 30.5 Å². The van der Waals surface area contributed by atoms with Crippen molar-refractivity contribution in [1.82, 2.24) is 14.7 Å². The number of rotatable bonds is 1. The van der Waals surface area contributed by atoms with Gasteiger partial charge in [-0.05, 0) is 19.2 Å². The van der Waals surface area contributed by atoms with Crippen LogP contribution in [0.4, 0.5) is 0 Å². The lowest BCUT2D eigenvalue weighted by atomic mass is 10.2. The molecule has 4 heteroatoms. The van der Waals surface area contributed by atoms with E-state index in [-0.39, 0.29) is 0 Å². The zero-order valence-electron chi connectivity index (χ0n) is 9.59. The average Bonchev–Trinajstić information content (AvgIpc) is 2.87. The molecule has 0 saturated carbocycles. The summed E-state index contributed by atoms with van der Waals surface area (Å²) in [6.45, 7) is 1.82. The summed E-state index contributed by atoms with van der Waals surface area (Å²) < 4.78 is 1.89. The Kier molecular flexibility index (Phi) is 2.20. The summed E-state index contributed by atoms with van der Waals surface area (Å²) in [4.78, 5) is 2.23. The second-order valence-corrected chi connectivity index (χ2v) is 4.33. The first-order valence-electron chi connectivity index (χ1n) is 5.53. The Balaban J connectivity index is 2.15. The topological polar surface area (TPSA) is 44.9 Å². The van der Waals surface area contributed by atoms with Gasteiger partial charge < -0.3 is 0 Å². The van der Waals surface area contributed by atoms with Gasteiger partial charge in [0.15, 0.2) is 0 Å². The van der Waals surface area contributed by atoms with Gasteiger partial charge >= 0.3 is 0 Å². The smallest absolute Gasteiger partial charge is 0.101 e. The molecule has 0 atom stereocenters. The molecule has 1 aliphatic heterocycles. The molecule has 17 heavy (non-hydrogen) atoms. The highest BCUT2D eigenvalue weighted by Crippen LogP contribution is 2.24. The second kappa shape index (κ2) is 3.72. The van der Waals surface area contributed by atoms with E-state index in [1.165, 1.54) is 11.3 Å². The van der Waals surface area contributed by atoms with Crippen molar-refractivity contribution >= 4 is 0 Å². The fourth-order valence-electron chi connectivity index (χ4n) is 2.27. The Morgan fingerprint density at radius 1 is 1.29 bits per heavy atom. The molecule has 0 radical (unpaired) electrons. The van der Waals surface area contributed by atoms with Gasteiger partial charge in [0.2, 0.25) is 0 Å². The first-order valence-corrected chi connectivity index (χ1v) is 5.53. The van der Waals surface area contributed by atoms with Crippen LogP contribution in [0.2, 0.25) is 0 Å². The Hall–Kier alpha value is -2.12. The molecule has 0 bridgehead atoms. The predicted molar refractivity (Wildman–Crippen MR) is 63.5 cm³/mol. The van der Waals surface area contributed by atoms with E-state index < -0.39 is 0 Å². The highest BCUT2D eigenvalue weighted by molar-refractivity contribution is 5.49. The summed E-state index contributed by atoms with van der Waals surface area (Å²) in [7, 11) is 2.08. The van der Waals surface area contributed by atoms with Crippen LogP contribution in [0.25, 0.3) is 5.69 Å². The minimum Gasteiger partial charge on any atom is -0.296 e. The predicted octanol–water partition coefficient (Wildman–Crippen LogP) is 1.69. The summed E-state index contributed by atoms with van der Waals surface area (Å²) in [5, 5.41) is 13.5. The second-order valence-electron chi connectivity index (χ2n) is 4.33. The molecule has 4 nitrogen and oxygen atoms in total. The normalized spacial score (nSPS) is 14.6. The summed E-state index contributed by atoms with van der Waals surface area (Å²) in [6.07, 6.45) is 1.90. The van der Waals surface area contributed by atoms with E-state index in [1.54, 1.807) is 0 Å². The number of benzene rings is 1. The first-order chi connectivity index (χ1) is 8.29. The molecule has 0 unspecified atom stereocenters. The molecule has 3 rings (SSSR count). The van der Waals surface area contributed by atoms with E-state index in [4.69, 9.17) is 5.26 Å². The number of para-hydroxylation sites is 1. The molecule has 0 aliphatic carbocycles. The van der Waals surface area contributed by atoms with Gasteiger partial charge in [0.05, 0.1) is 23.1 Å². The maximum Gasteiger partial charge on any atom is 0.101 e. The molecule has 1 aromatic heterocycles. The van der Waals surface area contributed by atoms with E-state index in [1.807, 2.05) is 35.1 Å². The van der Waals surface area contributed by atoms with Crippen molar-refractivity contribution in [2.45, 2.75) is 13.1 Å². The SMILES string of the molecule is CN1Cc2cnn(-c3ccccc3C#N)c2C1. The van der Waals surface area contributed by atoms with Crippen LogP contribution in [-0.4, -0.2) is 21.7 Å². The van der Waals surface area contributed by atoms with E-state index in [0.717, 1.165) is 18.8 Å². The summed E-state index contributed by atoms with van der Waals surface area (Å²) in [5.74, 6) is 0.